The third kappa shape index (κ3) is 3.41. The van der Waals surface area contributed by atoms with Crippen molar-refractivity contribution in [1.82, 2.24) is 14.2 Å². The predicted molar refractivity (Wildman–Crippen MR) is 91.1 cm³/mol. The van der Waals surface area contributed by atoms with E-state index in [-0.39, 0.29) is 0 Å². The van der Waals surface area contributed by atoms with Crippen LogP contribution in [0.4, 0.5) is 5.69 Å². The van der Waals surface area contributed by atoms with E-state index in [2.05, 4.69) is 21.4 Å². The molecule has 126 valence electrons. The number of rotatable bonds is 5. The summed E-state index contributed by atoms with van der Waals surface area (Å²) >= 11 is 0. The Kier molecular flexibility index (Phi) is 4.99. The van der Waals surface area contributed by atoms with Gasteiger partial charge < -0.3 is 4.90 Å². The van der Waals surface area contributed by atoms with E-state index < -0.39 is 10.0 Å². The molecule has 0 unspecified atom stereocenters. The van der Waals surface area contributed by atoms with Gasteiger partial charge in [0.1, 0.15) is 4.90 Å². The van der Waals surface area contributed by atoms with E-state index in [1.165, 1.54) is 6.20 Å². The number of aromatic nitrogens is 1. The van der Waals surface area contributed by atoms with Crippen molar-refractivity contribution >= 4 is 15.7 Å². The van der Waals surface area contributed by atoms with E-state index in [9.17, 15) is 8.42 Å². The average Bonchev–Trinajstić information content (AvgIpc) is 3.11. The fraction of sp³-hybridized carbons (Fsp3) is 0.562. The highest BCUT2D eigenvalue weighted by Crippen LogP contribution is 2.29. The second-order valence-electron chi connectivity index (χ2n) is 6.03. The van der Waals surface area contributed by atoms with Crippen LogP contribution in [0, 0.1) is 0 Å². The summed E-state index contributed by atoms with van der Waals surface area (Å²) in [4.78, 5) is 8.89. The molecule has 2 fully saturated rings. The molecule has 2 saturated heterocycles. The molecular formula is C16H24N4O2S. The first kappa shape index (κ1) is 16.4. The van der Waals surface area contributed by atoms with E-state index in [1.807, 2.05) is 12.1 Å². The minimum Gasteiger partial charge on any atom is -0.368 e. The maximum absolute atomic E-state index is 12.9. The zero-order valence-corrected chi connectivity index (χ0v) is 14.2. The molecule has 0 saturated carbocycles. The molecule has 0 radical (unpaired) electrons. The number of hydrogen-bond acceptors (Lipinski definition) is 5. The van der Waals surface area contributed by atoms with Crippen LogP contribution in [-0.2, 0) is 10.0 Å². The number of anilines is 1. The summed E-state index contributed by atoms with van der Waals surface area (Å²) in [5.41, 5.74) is 0.783. The molecule has 0 amide bonds. The second kappa shape index (κ2) is 6.98. The Morgan fingerprint density at radius 2 is 1.83 bits per heavy atom. The predicted octanol–water partition coefficient (Wildman–Crippen LogP) is 1.17. The summed E-state index contributed by atoms with van der Waals surface area (Å²) in [6, 6.07) is 1.83. The summed E-state index contributed by atoms with van der Waals surface area (Å²) in [6.45, 7) is 9.35. The number of nitrogens with zero attached hydrogens (tertiary/aromatic N) is 4. The van der Waals surface area contributed by atoms with Gasteiger partial charge in [0.15, 0.2) is 0 Å². The van der Waals surface area contributed by atoms with E-state index in [1.54, 1.807) is 10.5 Å². The van der Waals surface area contributed by atoms with E-state index >= 15 is 0 Å². The molecule has 23 heavy (non-hydrogen) atoms. The molecule has 0 aromatic carbocycles. The van der Waals surface area contributed by atoms with Crippen LogP contribution in [0.5, 0.6) is 0 Å². The molecule has 7 heteroatoms. The molecular weight excluding hydrogens is 312 g/mol. The van der Waals surface area contributed by atoms with Crippen molar-refractivity contribution in [2.75, 3.05) is 50.7 Å². The lowest BCUT2D eigenvalue weighted by Gasteiger charge is -2.36. The zero-order valence-electron chi connectivity index (χ0n) is 13.4. The molecule has 3 rings (SSSR count). The molecule has 3 heterocycles. The van der Waals surface area contributed by atoms with E-state index in [4.69, 9.17) is 0 Å². The number of piperazine rings is 1. The maximum atomic E-state index is 12.9. The largest absolute Gasteiger partial charge is 0.368 e. The van der Waals surface area contributed by atoms with Gasteiger partial charge in [0, 0.05) is 58.2 Å². The number of hydrogen-bond donors (Lipinski definition) is 0. The van der Waals surface area contributed by atoms with Crippen molar-refractivity contribution in [3.05, 3.63) is 31.1 Å². The third-order valence-corrected chi connectivity index (χ3v) is 6.46. The van der Waals surface area contributed by atoms with Crippen LogP contribution in [0.2, 0.25) is 0 Å². The van der Waals surface area contributed by atoms with Gasteiger partial charge in [-0.1, -0.05) is 6.08 Å². The molecule has 0 N–H and O–H groups in total. The standard InChI is InChI=1S/C16H24N4O2S/c1-2-7-18-10-12-19(13-11-18)15-5-6-17-14-16(15)23(21,22)20-8-3-4-9-20/h2,5-6,14H,1,3-4,7-13H2. The molecule has 1 aromatic rings. The summed E-state index contributed by atoms with van der Waals surface area (Å²) in [6.07, 6.45) is 6.96. The van der Waals surface area contributed by atoms with Crippen LogP contribution in [0.3, 0.4) is 0 Å². The van der Waals surface area contributed by atoms with E-state index in [0.29, 0.717) is 18.0 Å². The first-order valence-corrected chi connectivity index (χ1v) is 9.59. The molecule has 6 nitrogen and oxygen atoms in total. The average molecular weight is 336 g/mol. The second-order valence-corrected chi connectivity index (χ2v) is 7.94. The van der Waals surface area contributed by atoms with Crippen LogP contribution in [0.1, 0.15) is 12.8 Å². The normalized spacial score (nSPS) is 20.8. The van der Waals surface area contributed by atoms with Gasteiger partial charge in [-0.05, 0) is 18.9 Å². The molecule has 1 aromatic heterocycles. The van der Waals surface area contributed by atoms with Gasteiger partial charge in [-0.3, -0.25) is 9.88 Å². The van der Waals surface area contributed by atoms with Crippen molar-refractivity contribution in [3.63, 3.8) is 0 Å². The Bertz CT molecular complexity index is 648. The SMILES string of the molecule is C=CCN1CCN(c2ccncc2S(=O)(=O)N2CCCC2)CC1. The summed E-state index contributed by atoms with van der Waals surface area (Å²) < 4.78 is 27.4. The molecule has 2 aliphatic heterocycles. The van der Waals surface area contributed by atoms with Crippen LogP contribution in [-0.4, -0.2) is 68.4 Å². The smallest absolute Gasteiger partial charge is 0.246 e. The van der Waals surface area contributed by atoms with Gasteiger partial charge in [-0.25, -0.2) is 8.42 Å². The van der Waals surface area contributed by atoms with Gasteiger partial charge in [0.2, 0.25) is 10.0 Å². The topological polar surface area (TPSA) is 56.8 Å². The lowest BCUT2D eigenvalue weighted by molar-refractivity contribution is 0.283. The van der Waals surface area contributed by atoms with Crippen molar-refractivity contribution in [2.24, 2.45) is 0 Å². The zero-order chi connectivity index (χ0) is 16.3. The van der Waals surface area contributed by atoms with Crippen molar-refractivity contribution < 1.29 is 8.42 Å². The fourth-order valence-electron chi connectivity index (χ4n) is 3.25. The molecule has 2 aliphatic rings. The quantitative estimate of drug-likeness (QED) is 0.756. The van der Waals surface area contributed by atoms with E-state index in [0.717, 1.165) is 51.3 Å². The summed E-state index contributed by atoms with van der Waals surface area (Å²) in [5, 5.41) is 0. The van der Waals surface area contributed by atoms with Gasteiger partial charge in [0.05, 0.1) is 5.69 Å². The third-order valence-electron chi connectivity index (χ3n) is 4.55. The first-order valence-electron chi connectivity index (χ1n) is 8.15. The van der Waals surface area contributed by atoms with Crippen LogP contribution < -0.4 is 4.90 Å². The van der Waals surface area contributed by atoms with Gasteiger partial charge in [-0.2, -0.15) is 4.31 Å². The van der Waals surface area contributed by atoms with Crippen molar-refractivity contribution in [1.29, 1.82) is 0 Å². The highest BCUT2D eigenvalue weighted by molar-refractivity contribution is 7.89. The summed E-state index contributed by atoms with van der Waals surface area (Å²) in [5.74, 6) is 0. The summed E-state index contributed by atoms with van der Waals surface area (Å²) in [7, 11) is -3.44. The molecule has 0 bridgehead atoms. The lowest BCUT2D eigenvalue weighted by atomic mass is 10.2. The Balaban J connectivity index is 1.83. The van der Waals surface area contributed by atoms with Crippen LogP contribution >= 0.6 is 0 Å². The Morgan fingerprint density at radius 1 is 1.13 bits per heavy atom. The Labute approximate surface area is 138 Å². The van der Waals surface area contributed by atoms with Gasteiger partial charge >= 0.3 is 0 Å². The minimum absolute atomic E-state index is 0.346. The highest BCUT2D eigenvalue weighted by atomic mass is 32.2. The number of sulfonamides is 1. The number of pyridine rings is 1. The fourth-order valence-corrected chi connectivity index (χ4v) is 4.93. The van der Waals surface area contributed by atoms with Crippen molar-refractivity contribution in [3.8, 4) is 0 Å². The van der Waals surface area contributed by atoms with Gasteiger partial charge in [0.25, 0.3) is 0 Å². The molecule has 0 atom stereocenters. The van der Waals surface area contributed by atoms with Crippen molar-refractivity contribution in [2.45, 2.75) is 17.7 Å². The molecule has 0 spiro atoms. The van der Waals surface area contributed by atoms with Crippen LogP contribution in [0.25, 0.3) is 0 Å². The molecule has 0 aliphatic carbocycles. The van der Waals surface area contributed by atoms with Crippen LogP contribution in [0.15, 0.2) is 36.0 Å². The minimum atomic E-state index is -3.44. The maximum Gasteiger partial charge on any atom is 0.246 e. The Hall–Kier alpha value is -1.44. The highest BCUT2D eigenvalue weighted by Gasteiger charge is 2.31. The first-order chi connectivity index (χ1) is 11.1. The lowest BCUT2D eigenvalue weighted by Crippen LogP contribution is -2.47. The van der Waals surface area contributed by atoms with Gasteiger partial charge in [-0.15, -0.1) is 6.58 Å². The Morgan fingerprint density at radius 3 is 2.48 bits per heavy atom. The monoisotopic (exact) mass is 336 g/mol.